The summed E-state index contributed by atoms with van der Waals surface area (Å²) in [6.45, 7) is 3.19. The van der Waals surface area contributed by atoms with Crippen LogP contribution in [0.25, 0.3) is 0 Å². The Bertz CT molecular complexity index is 588. The number of methoxy groups -OCH3 is 1. The number of benzene rings is 1. The third kappa shape index (κ3) is 7.96. The van der Waals surface area contributed by atoms with Crippen molar-refractivity contribution in [3.8, 4) is 0 Å². The molecule has 1 saturated heterocycles. The number of nitrogens with one attached hydrogen (secondary N) is 1. The molecule has 2 rings (SSSR count). The van der Waals surface area contributed by atoms with Crippen molar-refractivity contribution in [3.05, 3.63) is 35.9 Å². The van der Waals surface area contributed by atoms with Crippen LogP contribution in [0, 0.1) is 5.92 Å². The summed E-state index contributed by atoms with van der Waals surface area (Å²) in [5.74, 6) is -3.22. The van der Waals surface area contributed by atoms with Gasteiger partial charge in [-0.15, -0.1) is 0 Å². The van der Waals surface area contributed by atoms with E-state index in [1.54, 1.807) is 7.11 Å². The second-order valence-corrected chi connectivity index (χ2v) is 6.09. The number of ether oxygens (including phenoxy) is 2. The Morgan fingerprint density at radius 2 is 1.89 bits per heavy atom. The van der Waals surface area contributed by atoms with E-state index in [-0.39, 0.29) is 24.0 Å². The highest BCUT2D eigenvalue weighted by molar-refractivity contribution is 5.73. The summed E-state index contributed by atoms with van der Waals surface area (Å²) in [7, 11) is 1.66. The van der Waals surface area contributed by atoms with Gasteiger partial charge in [-0.3, -0.25) is 4.79 Å². The summed E-state index contributed by atoms with van der Waals surface area (Å²) in [5.41, 5.74) is 1.00. The molecule has 1 aromatic carbocycles. The fraction of sp³-hybridized carbons (Fsp3) is 0.556. The largest absolute Gasteiger partial charge is 0.490 e. The molecule has 1 aliphatic rings. The minimum Gasteiger partial charge on any atom is -0.475 e. The number of carbonyl (C=O) groups is 2. The summed E-state index contributed by atoms with van der Waals surface area (Å²) in [5, 5.41) is 10.5. The molecule has 0 aromatic heterocycles. The highest BCUT2D eigenvalue weighted by Gasteiger charge is 2.38. The summed E-state index contributed by atoms with van der Waals surface area (Å²) >= 11 is 0. The van der Waals surface area contributed by atoms with E-state index in [0.29, 0.717) is 6.61 Å². The zero-order valence-electron chi connectivity index (χ0n) is 15.2. The third-order valence-electron chi connectivity index (χ3n) is 4.10. The van der Waals surface area contributed by atoms with E-state index >= 15 is 0 Å². The van der Waals surface area contributed by atoms with Crippen LogP contribution >= 0.6 is 0 Å². The van der Waals surface area contributed by atoms with E-state index in [4.69, 9.17) is 19.4 Å². The maximum Gasteiger partial charge on any atom is 0.490 e. The molecular formula is C18H24F3NO5. The van der Waals surface area contributed by atoms with Gasteiger partial charge in [-0.25, -0.2) is 4.79 Å². The van der Waals surface area contributed by atoms with E-state index in [2.05, 4.69) is 5.32 Å². The lowest BCUT2D eigenvalue weighted by molar-refractivity contribution is -0.192. The van der Waals surface area contributed by atoms with Gasteiger partial charge in [0.05, 0.1) is 12.0 Å². The molecule has 1 heterocycles. The van der Waals surface area contributed by atoms with Crippen LogP contribution < -0.4 is 5.32 Å². The molecule has 1 aliphatic heterocycles. The topological polar surface area (TPSA) is 84.9 Å². The molecule has 6 nitrogen and oxygen atoms in total. The van der Waals surface area contributed by atoms with Gasteiger partial charge in [0.15, 0.2) is 0 Å². The van der Waals surface area contributed by atoms with Crippen LogP contribution in [0.4, 0.5) is 13.2 Å². The number of aliphatic carboxylic acids is 1. The molecule has 2 N–H and O–H groups in total. The van der Waals surface area contributed by atoms with Crippen molar-refractivity contribution in [1.82, 2.24) is 5.32 Å². The molecule has 27 heavy (non-hydrogen) atoms. The first-order valence-corrected chi connectivity index (χ1v) is 8.43. The average molecular weight is 391 g/mol. The number of hydrogen-bond donors (Lipinski definition) is 2. The van der Waals surface area contributed by atoms with E-state index in [9.17, 15) is 18.0 Å². The molecule has 0 spiro atoms. The van der Waals surface area contributed by atoms with Crippen molar-refractivity contribution in [2.24, 2.45) is 5.92 Å². The van der Waals surface area contributed by atoms with Crippen LogP contribution in [0.3, 0.4) is 0 Å². The molecular weight excluding hydrogens is 367 g/mol. The lowest BCUT2D eigenvalue weighted by Gasteiger charge is -2.26. The number of carbonyl (C=O) groups excluding carboxylic acids is 1. The summed E-state index contributed by atoms with van der Waals surface area (Å²) in [4.78, 5) is 21.0. The molecule has 1 aromatic rings. The minimum atomic E-state index is -5.08. The van der Waals surface area contributed by atoms with Crippen molar-refractivity contribution in [3.63, 3.8) is 0 Å². The van der Waals surface area contributed by atoms with Gasteiger partial charge in [0.25, 0.3) is 0 Å². The van der Waals surface area contributed by atoms with Crippen LogP contribution in [0.2, 0.25) is 0 Å². The number of carboxylic acid groups (broad SMARTS) is 1. The fourth-order valence-electron chi connectivity index (χ4n) is 2.70. The molecule has 3 atom stereocenters. The van der Waals surface area contributed by atoms with Crippen molar-refractivity contribution in [2.75, 3.05) is 13.7 Å². The van der Waals surface area contributed by atoms with E-state index in [0.717, 1.165) is 24.9 Å². The Balaban J connectivity index is 0.000000445. The van der Waals surface area contributed by atoms with Crippen molar-refractivity contribution < 1.29 is 37.3 Å². The molecule has 0 unspecified atom stereocenters. The summed E-state index contributed by atoms with van der Waals surface area (Å²) in [6.07, 6.45) is -3.02. The number of rotatable bonds is 6. The first-order chi connectivity index (χ1) is 12.7. The standard InChI is InChI=1S/C16H23NO3.C2HF3O2/c1-12(15(19-2)14-9-6-10-17-14)16(18)20-11-13-7-4-3-5-8-13;3-2(4,5)1(6)7/h3-5,7-8,12,14-15,17H,6,9-11H2,1-2H3;(H,6,7)/t12-,14+,15-;/m1./s1. The Morgan fingerprint density at radius 1 is 1.30 bits per heavy atom. The van der Waals surface area contributed by atoms with Crippen LogP contribution in [-0.2, 0) is 25.7 Å². The Morgan fingerprint density at radius 3 is 2.33 bits per heavy atom. The average Bonchev–Trinajstić information content (AvgIpc) is 3.15. The fourth-order valence-corrected chi connectivity index (χ4v) is 2.70. The molecule has 0 amide bonds. The molecule has 152 valence electrons. The van der Waals surface area contributed by atoms with Gasteiger partial charge in [-0.1, -0.05) is 30.3 Å². The van der Waals surface area contributed by atoms with Crippen LogP contribution in [0.5, 0.6) is 0 Å². The monoisotopic (exact) mass is 391 g/mol. The Labute approximate surface area is 155 Å². The zero-order valence-corrected chi connectivity index (χ0v) is 15.2. The van der Waals surface area contributed by atoms with Crippen LogP contribution in [0.15, 0.2) is 30.3 Å². The van der Waals surface area contributed by atoms with Crippen molar-refractivity contribution in [2.45, 2.75) is 44.7 Å². The molecule has 1 fully saturated rings. The van der Waals surface area contributed by atoms with Gasteiger partial charge in [-0.2, -0.15) is 13.2 Å². The zero-order chi connectivity index (χ0) is 20.4. The van der Waals surface area contributed by atoms with Crippen LogP contribution in [0.1, 0.15) is 25.3 Å². The predicted octanol–water partition coefficient (Wildman–Crippen LogP) is 2.77. The minimum absolute atomic E-state index is 0.124. The second-order valence-electron chi connectivity index (χ2n) is 6.09. The quantitative estimate of drug-likeness (QED) is 0.726. The van der Waals surface area contributed by atoms with Crippen molar-refractivity contribution >= 4 is 11.9 Å². The second kappa shape index (κ2) is 10.9. The number of carboxylic acids is 1. The lowest BCUT2D eigenvalue weighted by Crippen LogP contribution is -2.43. The Kier molecular flexibility index (Phi) is 9.23. The Hall–Kier alpha value is -2.13. The lowest BCUT2D eigenvalue weighted by atomic mass is 9.96. The van der Waals surface area contributed by atoms with E-state index < -0.39 is 12.1 Å². The van der Waals surface area contributed by atoms with E-state index in [1.165, 1.54) is 0 Å². The van der Waals surface area contributed by atoms with Gasteiger partial charge in [0.2, 0.25) is 0 Å². The first kappa shape index (κ1) is 22.9. The number of hydrogen-bond acceptors (Lipinski definition) is 5. The molecule has 0 radical (unpaired) electrons. The highest BCUT2D eigenvalue weighted by Crippen LogP contribution is 2.20. The highest BCUT2D eigenvalue weighted by atomic mass is 19.4. The van der Waals surface area contributed by atoms with Crippen molar-refractivity contribution in [1.29, 1.82) is 0 Å². The SMILES string of the molecule is CO[C@@H]([C@@H]1CCCN1)[C@@H](C)C(=O)OCc1ccccc1.O=C(O)C(F)(F)F. The summed E-state index contributed by atoms with van der Waals surface area (Å²) in [6, 6.07) is 9.97. The van der Waals surface area contributed by atoms with Gasteiger partial charge in [-0.05, 0) is 31.9 Å². The molecule has 9 heteroatoms. The van der Waals surface area contributed by atoms with Gasteiger partial charge >= 0.3 is 18.1 Å². The maximum atomic E-state index is 12.1. The molecule has 0 aliphatic carbocycles. The third-order valence-corrected chi connectivity index (χ3v) is 4.10. The molecule has 0 bridgehead atoms. The summed E-state index contributed by atoms with van der Waals surface area (Å²) < 4.78 is 42.6. The van der Waals surface area contributed by atoms with E-state index in [1.807, 2.05) is 37.3 Å². The predicted molar refractivity (Wildman–Crippen MR) is 90.9 cm³/mol. The number of halogens is 3. The smallest absolute Gasteiger partial charge is 0.475 e. The number of alkyl halides is 3. The van der Waals surface area contributed by atoms with Gasteiger partial charge < -0.3 is 19.9 Å². The van der Waals surface area contributed by atoms with Gasteiger partial charge in [0, 0.05) is 13.2 Å². The maximum absolute atomic E-state index is 12.1. The van der Waals surface area contributed by atoms with Crippen LogP contribution in [-0.4, -0.2) is 49.0 Å². The number of esters is 1. The first-order valence-electron chi connectivity index (χ1n) is 8.43. The normalized spacial score (nSPS) is 18.8. The van der Waals surface area contributed by atoms with Gasteiger partial charge in [0.1, 0.15) is 6.61 Å². The molecule has 0 saturated carbocycles.